The lowest BCUT2D eigenvalue weighted by Gasteiger charge is -2.15. The van der Waals surface area contributed by atoms with Crippen molar-refractivity contribution in [3.05, 3.63) is 23.9 Å². The van der Waals surface area contributed by atoms with Gasteiger partial charge in [-0.25, -0.2) is 4.98 Å². The number of likely N-dealkylation sites (tertiary alicyclic amines) is 1. The average Bonchev–Trinajstić information content (AvgIpc) is 2.93. The Bertz CT molecular complexity index is 471. The van der Waals surface area contributed by atoms with E-state index in [-0.39, 0.29) is 5.91 Å². The number of hydrogen-bond donors (Lipinski definition) is 2. The van der Waals surface area contributed by atoms with Crippen LogP contribution in [-0.2, 0) is 4.79 Å². The van der Waals surface area contributed by atoms with Gasteiger partial charge in [-0.3, -0.25) is 4.79 Å². The van der Waals surface area contributed by atoms with Crippen molar-refractivity contribution in [3.8, 4) is 0 Å². The number of nitrogens with zero attached hydrogens (tertiary/aromatic N) is 2. The number of nitrogens with one attached hydrogen (secondary N) is 1. The number of nitrogens with two attached hydrogens (primary N) is 1. The van der Waals surface area contributed by atoms with Gasteiger partial charge < -0.3 is 16.0 Å². The molecule has 0 aromatic carbocycles. The van der Waals surface area contributed by atoms with Crippen molar-refractivity contribution in [1.29, 1.82) is 0 Å². The number of anilines is 1. The van der Waals surface area contributed by atoms with Crippen LogP contribution in [0.5, 0.6) is 0 Å². The van der Waals surface area contributed by atoms with E-state index in [2.05, 4.69) is 10.3 Å². The summed E-state index contributed by atoms with van der Waals surface area (Å²) in [5.41, 5.74) is 6.33. The van der Waals surface area contributed by atoms with Crippen LogP contribution in [0.3, 0.4) is 0 Å². The maximum atomic E-state index is 11.8. The van der Waals surface area contributed by atoms with Crippen LogP contribution in [0.2, 0.25) is 0 Å². The maximum absolute atomic E-state index is 11.8. The first-order valence-electron chi connectivity index (χ1n) is 6.44. The van der Waals surface area contributed by atoms with Gasteiger partial charge in [-0.2, -0.15) is 0 Å². The Hall–Kier alpha value is -1.69. The molecule has 1 aromatic heterocycles. The first-order chi connectivity index (χ1) is 9.16. The molecule has 1 saturated heterocycles. The molecule has 19 heavy (non-hydrogen) atoms. The highest BCUT2D eigenvalue weighted by molar-refractivity contribution is 7.80. The molecule has 2 rings (SSSR count). The van der Waals surface area contributed by atoms with E-state index in [0.29, 0.717) is 23.8 Å². The van der Waals surface area contributed by atoms with E-state index in [4.69, 9.17) is 18.0 Å². The summed E-state index contributed by atoms with van der Waals surface area (Å²) in [5.74, 6) is 0.898. The van der Waals surface area contributed by atoms with E-state index < -0.39 is 0 Å². The minimum Gasteiger partial charge on any atom is -0.389 e. The van der Waals surface area contributed by atoms with E-state index in [1.807, 2.05) is 4.90 Å². The standard InChI is InChI=1S/C13H18N4OS/c14-13(19)10-3-5-15-11(9-10)16-6-4-12(18)17-7-1-2-8-17/h3,5,9H,1-2,4,6-8H2,(H2,14,19)(H,15,16). The fraction of sp³-hybridized carbons (Fsp3) is 0.462. The maximum Gasteiger partial charge on any atom is 0.224 e. The monoisotopic (exact) mass is 278 g/mol. The van der Waals surface area contributed by atoms with Crippen LogP contribution in [-0.4, -0.2) is 40.4 Å². The molecule has 1 fully saturated rings. The van der Waals surface area contributed by atoms with Gasteiger partial charge in [0.05, 0.1) is 0 Å². The molecule has 1 amide bonds. The lowest BCUT2D eigenvalue weighted by molar-refractivity contribution is -0.129. The van der Waals surface area contributed by atoms with Gasteiger partial charge in [-0.05, 0) is 25.0 Å². The lowest BCUT2D eigenvalue weighted by Crippen LogP contribution is -2.29. The molecule has 0 saturated carbocycles. The fourth-order valence-corrected chi connectivity index (χ4v) is 2.23. The highest BCUT2D eigenvalue weighted by atomic mass is 32.1. The molecule has 3 N–H and O–H groups in total. The van der Waals surface area contributed by atoms with E-state index in [9.17, 15) is 4.79 Å². The second kappa shape index (κ2) is 6.47. The van der Waals surface area contributed by atoms with E-state index in [1.165, 1.54) is 0 Å². The zero-order valence-corrected chi connectivity index (χ0v) is 11.6. The lowest BCUT2D eigenvalue weighted by atomic mass is 10.2. The van der Waals surface area contributed by atoms with Crippen LogP contribution >= 0.6 is 12.2 Å². The molecule has 6 heteroatoms. The van der Waals surface area contributed by atoms with Crippen LogP contribution in [0.25, 0.3) is 0 Å². The summed E-state index contributed by atoms with van der Waals surface area (Å²) in [4.78, 5) is 18.3. The number of aromatic nitrogens is 1. The highest BCUT2D eigenvalue weighted by Crippen LogP contribution is 2.10. The molecule has 1 aliphatic rings. The zero-order chi connectivity index (χ0) is 13.7. The van der Waals surface area contributed by atoms with Gasteiger partial charge in [0.15, 0.2) is 0 Å². The molecule has 0 bridgehead atoms. The SMILES string of the molecule is NC(=S)c1ccnc(NCCC(=O)N2CCCC2)c1. The molecule has 0 spiro atoms. The van der Waals surface area contributed by atoms with Gasteiger partial charge in [-0.15, -0.1) is 0 Å². The second-order valence-electron chi connectivity index (χ2n) is 4.56. The third-order valence-electron chi connectivity index (χ3n) is 3.15. The topological polar surface area (TPSA) is 71.2 Å². The van der Waals surface area contributed by atoms with Gasteiger partial charge in [0, 0.05) is 37.8 Å². The minimum absolute atomic E-state index is 0.204. The van der Waals surface area contributed by atoms with E-state index in [0.717, 1.165) is 31.5 Å². The second-order valence-corrected chi connectivity index (χ2v) is 5.00. The summed E-state index contributed by atoms with van der Waals surface area (Å²) in [6.45, 7) is 2.37. The molecular formula is C13H18N4OS. The summed E-state index contributed by atoms with van der Waals surface area (Å²) in [7, 11) is 0. The summed E-state index contributed by atoms with van der Waals surface area (Å²) < 4.78 is 0. The molecule has 0 radical (unpaired) electrons. The van der Waals surface area contributed by atoms with Gasteiger partial charge in [-0.1, -0.05) is 12.2 Å². The summed E-state index contributed by atoms with van der Waals surface area (Å²) in [5, 5.41) is 3.12. The third kappa shape index (κ3) is 3.89. The number of carbonyl (C=O) groups excluding carboxylic acids is 1. The molecule has 1 aromatic rings. The van der Waals surface area contributed by atoms with Crippen molar-refractivity contribution in [1.82, 2.24) is 9.88 Å². The number of carbonyl (C=O) groups is 1. The van der Waals surface area contributed by atoms with Crippen LogP contribution in [0.15, 0.2) is 18.3 Å². The zero-order valence-electron chi connectivity index (χ0n) is 10.8. The molecular weight excluding hydrogens is 260 g/mol. The summed E-state index contributed by atoms with van der Waals surface area (Å²) in [6, 6.07) is 3.56. The summed E-state index contributed by atoms with van der Waals surface area (Å²) in [6.07, 6.45) is 4.38. The number of rotatable bonds is 5. The van der Waals surface area contributed by atoms with Crippen LogP contribution in [0.1, 0.15) is 24.8 Å². The first kappa shape index (κ1) is 13.7. The molecule has 0 atom stereocenters. The largest absolute Gasteiger partial charge is 0.389 e. The van der Waals surface area contributed by atoms with Crippen molar-refractivity contribution in [2.24, 2.45) is 5.73 Å². The normalized spacial score (nSPS) is 14.4. The first-order valence-corrected chi connectivity index (χ1v) is 6.85. The Morgan fingerprint density at radius 2 is 2.21 bits per heavy atom. The highest BCUT2D eigenvalue weighted by Gasteiger charge is 2.16. The summed E-state index contributed by atoms with van der Waals surface area (Å²) >= 11 is 4.91. The molecule has 5 nitrogen and oxygen atoms in total. The Morgan fingerprint density at radius 1 is 1.47 bits per heavy atom. The quantitative estimate of drug-likeness (QED) is 0.790. The smallest absolute Gasteiger partial charge is 0.224 e. The van der Waals surface area contributed by atoms with Gasteiger partial charge in [0.1, 0.15) is 10.8 Å². The molecule has 102 valence electrons. The fourth-order valence-electron chi connectivity index (χ4n) is 2.10. The van der Waals surface area contributed by atoms with Gasteiger partial charge in [0.25, 0.3) is 0 Å². The number of hydrogen-bond acceptors (Lipinski definition) is 4. The number of pyridine rings is 1. The Kier molecular flexibility index (Phi) is 4.68. The van der Waals surface area contributed by atoms with E-state index in [1.54, 1.807) is 18.3 Å². The Labute approximate surface area is 118 Å². The Morgan fingerprint density at radius 3 is 2.89 bits per heavy atom. The van der Waals surface area contributed by atoms with Crippen molar-refractivity contribution in [3.63, 3.8) is 0 Å². The predicted octanol–water partition coefficient (Wildman–Crippen LogP) is 1.14. The van der Waals surface area contributed by atoms with Crippen LogP contribution in [0, 0.1) is 0 Å². The van der Waals surface area contributed by atoms with Crippen LogP contribution < -0.4 is 11.1 Å². The number of amides is 1. The number of thiocarbonyl (C=S) groups is 1. The van der Waals surface area contributed by atoms with Crippen molar-refractivity contribution >= 4 is 28.9 Å². The molecule has 0 unspecified atom stereocenters. The van der Waals surface area contributed by atoms with Crippen molar-refractivity contribution in [2.45, 2.75) is 19.3 Å². The molecule has 2 heterocycles. The average molecular weight is 278 g/mol. The third-order valence-corrected chi connectivity index (χ3v) is 3.38. The molecule has 1 aliphatic heterocycles. The van der Waals surface area contributed by atoms with Gasteiger partial charge >= 0.3 is 0 Å². The molecule has 0 aliphatic carbocycles. The van der Waals surface area contributed by atoms with Crippen molar-refractivity contribution < 1.29 is 4.79 Å². The Balaban J connectivity index is 1.80. The van der Waals surface area contributed by atoms with Crippen molar-refractivity contribution in [2.75, 3.05) is 25.0 Å². The predicted molar refractivity (Wildman–Crippen MR) is 79.0 cm³/mol. The minimum atomic E-state index is 0.204. The van der Waals surface area contributed by atoms with E-state index >= 15 is 0 Å². The van der Waals surface area contributed by atoms with Gasteiger partial charge in [0.2, 0.25) is 5.91 Å². The van der Waals surface area contributed by atoms with Crippen LogP contribution in [0.4, 0.5) is 5.82 Å².